The number of benzene rings is 2. The van der Waals surface area contributed by atoms with Crippen molar-refractivity contribution in [2.45, 2.75) is 19.5 Å². The normalized spacial score (nSPS) is 12.1. The summed E-state index contributed by atoms with van der Waals surface area (Å²) >= 11 is 0. The third kappa shape index (κ3) is 4.35. The van der Waals surface area contributed by atoms with Crippen LogP contribution in [0.15, 0.2) is 66.9 Å². The van der Waals surface area contributed by atoms with Crippen molar-refractivity contribution in [3.05, 3.63) is 78.0 Å². The van der Waals surface area contributed by atoms with Crippen LogP contribution in [0.4, 0.5) is 11.8 Å². The minimum atomic E-state index is 0.00779. The predicted octanol–water partition coefficient (Wildman–Crippen LogP) is 3.45. The molecule has 7 heteroatoms. The van der Waals surface area contributed by atoms with Crippen molar-refractivity contribution in [2.24, 2.45) is 0 Å². The molecule has 29 heavy (non-hydrogen) atoms. The first-order valence-electron chi connectivity index (χ1n) is 9.68. The van der Waals surface area contributed by atoms with Crippen molar-refractivity contribution >= 4 is 22.8 Å². The van der Waals surface area contributed by atoms with Crippen LogP contribution in [0.2, 0.25) is 0 Å². The second-order valence-corrected chi connectivity index (χ2v) is 6.85. The van der Waals surface area contributed by atoms with E-state index in [9.17, 15) is 0 Å². The van der Waals surface area contributed by atoms with Gasteiger partial charge >= 0.3 is 0 Å². The molecule has 0 spiro atoms. The summed E-state index contributed by atoms with van der Waals surface area (Å²) in [6, 6.07) is 20.4. The van der Waals surface area contributed by atoms with Crippen molar-refractivity contribution in [3.63, 3.8) is 0 Å². The van der Waals surface area contributed by atoms with Gasteiger partial charge < -0.3 is 15.7 Å². The highest BCUT2D eigenvalue weighted by Crippen LogP contribution is 2.26. The van der Waals surface area contributed by atoms with Crippen LogP contribution in [-0.4, -0.2) is 38.0 Å². The Morgan fingerprint density at radius 3 is 2.45 bits per heavy atom. The molecular formula is C22H24N6O. The van der Waals surface area contributed by atoms with Gasteiger partial charge in [-0.25, -0.2) is 4.68 Å². The first-order valence-corrected chi connectivity index (χ1v) is 9.68. The van der Waals surface area contributed by atoms with Gasteiger partial charge in [-0.2, -0.15) is 15.1 Å². The van der Waals surface area contributed by atoms with Gasteiger partial charge in [-0.1, -0.05) is 60.7 Å². The Kier molecular flexibility index (Phi) is 5.67. The van der Waals surface area contributed by atoms with Crippen LogP contribution in [0.1, 0.15) is 24.1 Å². The first-order chi connectivity index (χ1) is 14.2. The quantitative estimate of drug-likeness (QED) is 0.428. The molecule has 2 aromatic carbocycles. The van der Waals surface area contributed by atoms with Crippen LogP contribution < -0.4 is 10.6 Å². The van der Waals surface area contributed by atoms with Gasteiger partial charge in [0.2, 0.25) is 5.95 Å². The van der Waals surface area contributed by atoms with Crippen molar-refractivity contribution < 1.29 is 5.11 Å². The Labute approximate surface area is 169 Å². The number of nitrogens with one attached hydrogen (secondary N) is 2. The summed E-state index contributed by atoms with van der Waals surface area (Å²) in [6.45, 7) is 3.10. The van der Waals surface area contributed by atoms with Crippen molar-refractivity contribution in [3.8, 4) is 0 Å². The number of nitrogens with zero attached hydrogens (tertiary/aromatic N) is 4. The molecule has 0 fully saturated rings. The fourth-order valence-corrected chi connectivity index (χ4v) is 3.21. The fourth-order valence-electron chi connectivity index (χ4n) is 3.21. The number of hydrogen-bond donors (Lipinski definition) is 3. The van der Waals surface area contributed by atoms with Crippen molar-refractivity contribution in [1.29, 1.82) is 0 Å². The third-order valence-electron chi connectivity index (χ3n) is 4.72. The van der Waals surface area contributed by atoms with Crippen LogP contribution in [-0.2, 0) is 6.54 Å². The number of fused-ring (bicyclic) bond motifs is 1. The summed E-state index contributed by atoms with van der Waals surface area (Å²) in [5.41, 5.74) is 3.06. The molecule has 1 atom stereocenters. The minimum Gasteiger partial charge on any atom is -0.395 e. The molecule has 0 amide bonds. The highest BCUT2D eigenvalue weighted by molar-refractivity contribution is 5.87. The Morgan fingerprint density at radius 1 is 1.00 bits per heavy atom. The molecule has 0 radical (unpaired) electrons. The van der Waals surface area contributed by atoms with Gasteiger partial charge in [-0.3, -0.25) is 0 Å². The van der Waals surface area contributed by atoms with E-state index in [1.54, 1.807) is 6.20 Å². The molecule has 0 aliphatic rings. The van der Waals surface area contributed by atoms with Gasteiger partial charge in [0.15, 0.2) is 5.65 Å². The van der Waals surface area contributed by atoms with E-state index in [1.807, 2.05) is 41.1 Å². The van der Waals surface area contributed by atoms with Crippen LogP contribution in [0, 0.1) is 0 Å². The van der Waals surface area contributed by atoms with E-state index in [0.29, 0.717) is 24.9 Å². The molecule has 0 bridgehead atoms. The number of aromatic nitrogens is 4. The largest absolute Gasteiger partial charge is 0.395 e. The second-order valence-electron chi connectivity index (χ2n) is 6.85. The zero-order chi connectivity index (χ0) is 20.1. The third-order valence-corrected chi connectivity index (χ3v) is 4.72. The SMILES string of the molecule is C[C@H](Nc1nc(NCCO)nc2c1cnn2Cc1ccccc1)c1ccccc1. The zero-order valence-corrected chi connectivity index (χ0v) is 16.3. The Bertz CT molecular complexity index is 1060. The highest BCUT2D eigenvalue weighted by Gasteiger charge is 2.15. The van der Waals surface area contributed by atoms with Gasteiger partial charge in [0.25, 0.3) is 0 Å². The van der Waals surface area contributed by atoms with Crippen LogP contribution in [0.3, 0.4) is 0 Å². The molecule has 0 saturated heterocycles. The number of anilines is 2. The zero-order valence-electron chi connectivity index (χ0n) is 16.3. The molecular weight excluding hydrogens is 364 g/mol. The lowest BCUT2D eigenvalue weighted by molar-refractivity contribution is 0.311. The maximum atomic E-state index is 9.16. The molecule has 0 saturated carbocycles. The Morgan fingerprint density at radius 2 is 1.72 bits per heavy atom. The summed E-state index contributed by atoms with van der Waals surface area (Å²) in [5.74, 6) is 1.18. The van der Waals surface area contributed by atoms with E-state index >= 15 is 0 Å². The van der Waals surface area contributed by atoms with Crippen LogP contribution in [0.5, 0.6) is 0 Å². The van der Waals surface area contributed by atoms with Gasteiger partial charge in [0.05, 0.1) is 24.7 Å². The molecule has 0 unspecified atom stereocenters. The lowest BCUT2D eigenvalue weighted by Gasteiger charge is -2.16. The monoisotopic (exact) mass is 388 g/mol. The topological polar surface area (TPSA) is 87.9 Å². The lowest BCUT2D eigenvalue weighted by Crippen LogP contribution is -2.13. The molecule has 0 aliphatic carbocycles. The summed E-state index contributed by atoms with van der Waals surface area (Å²) < 4.78 is 1.87. The molecule has 2 heterocycles. The van der Waals surface area contributed by atoms with Gasteiger partial charge in [0.1, 0.15) is 5.82 Å². The van der Waals surface area contributed by atoms with Crippen molar-refractivity contribution in [1.82, 2.24) is 19.7 Å². The predicted molar refractivity (Wildman–Crippen MR) is 115 cm³/mol. The number of aliphatic hydroxyl groups is 1. The summed E-state index contributed by atoms with van der Waals surface area (Å²) in [6.07, 6.45) is 1.80. The molecule has 4 aromatic rings. The van der Waals surface area contributed by atoms with E-state index in [0.717, 1.165) is 16.6 Å². The van der Waals surface area contributed by atoms with Gasteiger partial charge in [0, 0.05) is 12.6 Å². The van der Waals surface area contributed by atoms with Gasteiger partial charge in [-0.15, -0.1) is 0 Å². The standard InChI is InChI=1S/C22H24N6O/c1-16(18-10-6-3-7-11-18)25-20-19-14-24-28(15-17-8-4-2-5-9-17)21(19)27-22(26-20)23-12-13-29/h2-11,14,16,29H,12-13,15H2,1H3,(H2,23,25,26,27)/t16-/m0/s1. The van der Waals surface area contributed by atoms with E-state index in [1.165, 1.54) is 5.56 Å². The Hall–Kier alpha value is -3.45. The number of aliphatic hydroxyl groups excluding tert-OH is 1. The first kappa shape index (κ1) is 18.9. The van der Waals surface area contributed by atoms with E-state index in [-0.39, 0.29) is 12.6 Å². The van der Waals surface area contributed by atoms with Crippen LogP contribution >= 0.6 is 0 Å². The second kappa shape index (κ2) is 8.70. The number of rotatable bonds is 8. The summed E-state index contributed by atoms with van der Waals surface area (Å²) in [4.78, 5) is 9.26. The Balaban J connectivity index is 1.70. The van der Waals surface area contributed by atoms with E-state index in [4.69, 9.17) is 5.11 Å². The molecule has 148 valence electrons. The average molecular weight is 388 g/mol. The van der Waals surface area contributed by atoms with E-state index < -0.39 is 0 Å². The van der Waals surface area contributed by atoms with Gasteiger partial charge in [-0.05, 0) is 18.1 Å². The molecule has 3 N–H and O–H groups in total. The molecule has 0 aliphatic heterocycles. The maximum absolute atomic E-state index is 9.16. The smallest absolute Gasteiger partial charge is 0.226 e. The molecule has 7 nitrogen and oxygen atoms in total. The lowest BCUT2D eigenvalue weighted by atomic mass is 10.1. The summed E-state index contributed by atoms with van der Waals surface area (Å²) in [5, 5.41) is 21.1. The van der Waals surface area contributed by atoms with E-state index in [2.05, 4.69) is 56.9 Å². The van der Waals surface area contributed by atoms with Crippen LogP contribution in [0.25, 0.3) is 11.0 Å². The fraction of sp³-hybridized carbons (Fsp3) is 0.227. The molecule has 4 rings (SSSR count). The highest BCUT2D eigenvalue weighted by atomic mass is 16.3. The maximum Gasteiger partial charge on any atom is 0.226 e. The minimum absolute atomic E-state index is 0.00779. The van der Waals surface area contributed by atoms with Crippen molar-refractivity contribution in [2.75, 3.05) is 23.8 Å². The average Bonchev–Trinajstić information content (AvgIpc) is 3.16. The number of hydrogen-bond acceptors (Lipinski definition) is 6. The summed E-state index contributed by atoms with van der Waals surface area (Å²) in [7, 11) is 0. The molecule has 2 aromatic heterocycles.